The fraction of sp³-hybridized carbons (Fsp3) is 0.625. The van der Waals surface area contributed by atoms with Gasteiger partial charge in [-0.1, -0.05) is 5.21 Å². The van der Waals surface area contributed by atoms with Gasteiger partial charge in [0, 0.05) is 11.5 Å². The molecule has 0 aromatic carbocycles. The Hall–Kier alpha value is -1.80. The van der Waals surface area contributed by atoms with Crippen molar-refractivity contribution in [3.8, 4) is 0 Å². The number of hydrogen-bond donors (Lipinski definition) is 1. The molecule has 4 rings (SSSR count). The number of ether oxygens (including phenoxy) is 1. The van der Waals surface area contributed by atoms with Crippen molar-refractivity contribution in [3.05, 3.63) is 27.5 Å². The number of thiazole rings is 1. The molecule has 3 heterocycles. The zero-order valence-corrected chi connectivity index (χ0v) is 14.3. The van der Waals surface area contributed by atoms with Gasteiger partial charge in [-0.05, 0) is 38.5 Å². The number of hydrogen-bond acceptors (Lipinski definition) is 6. The molecule has 0 unspecified atom stereocenters. The van der Waals surface area contributed by atoms with Crippen molar-refractivity contribution in [2.45, 2.75) is 57.7 Å². The van der Waals surface area contributed by atoms with Crippen LogP contribution in [-0.4, -0.2) is 38.6 Å². The Kier molecular flexibility index (Phi) is 4.57. The molecule has 0 saturated carbocycles. The predicted molar refractivity (Wildman–Crippen MR) is 88.9 cm³/mol. The standard InChI is InChI=1S/C16H21N5O2S/c22-16(13-10-21(20-19-13)9-11-4-3-7-23-11)17-8-15-18-12-5-1-2-6-14(12)24-15/h10-11H,1-9H2,(H,17,22)/t11-/m1/s1. The van der Waals surface area contributed by atoms with Gasteiger partial charge < -0.3 is 10.1 Å². The predicted octanol–water partition coefficient (Wildman–Crippen LogP) is 1.72. The van der Waals surface area contributed by atoms with E-state index in [9.17, 15) is 4.79 Å². The van der Waals surface area contributed by atoms with E-state index in [1.54, 1.807) is 22.2 Å². The summed E-state index contributed by atoms with van der Waals surface area (Å²) in [6.07, 6.45) is 8.65. The molecule has 0 bridgehead atoms. The summed E-state index contributed by atoms with van der Waals surface area (Å²) in [5, 5.41) is 11.9. The maximum absolute atomic E-state index is 12.2. The topological polar surface area (TPSA) is 81.9 Å². The molecule has 1 fully saturated rings. The molecular formula is C16H21N5O2S. The number of carbonyl (C=O) groups excluding carboxylic acids is 1. The molecule has 1 saturated heterocycles. The van der Waals surface area contributed by atoms with Crippen molar-refractivity contribution in [2.75, 3.05) is 6.61 Å². The van der Waals surface area contributed by atoms with Gasteiger partial charge in [-0.25, -0.2) is 9.67 Å². The van der Waals surface area contributed by atoms with Gasteiger partial charge in [-0.2, -0.15) is 0 Å². The number of nitrogens with zero attached hydrogens (tertiary/aromatic N) is 4. The van der Waals surface area contributed by atoms with Crippen molar-refractivity contribution in [2.24, 2.45) is 0 Å². The second-order valence-electron chi connectivity index (χ2n) is 6.33. The van der Waals surface area contributed by atoms with Crippen LogP contribution in [0.5, 0.6) is 0 Å². The van der Waals surface area contributed by atoms with Crippen LogP contribution >= 0.6 is 11.3 Å². The van der Waals surface area contributed by atoms with Crippen LogP contribution in [0.4, 0.5) is 0 Å². The van der Waals surface area contributed by atoms with Gasteiger partial charge in [0.2, 0.25) is 0 Å². The molecule has 1 amide bonds. The molecule has 1 N–H and O–H groups in total. The summed E-state index contributed by atoms with van der Waals surface area (Å²) in [5.74, 6) is -0.207. The van der Waals surface area contributed by atoms with Crippen LogP contribution in [0.25, 0.3) is 0 Å². The first-order chi connectivity index (χ1) is 11.8. The Bertz CT molecular complexity index is 696. The third-order valence-corrected chi connectivity index (χ3v) is 5.63. The molecule has 128 valence electrons. The molecule has 7 nitrogen and oxygen atoms in total. The highest BCUT2D eigenvalue weighted by atomic mass is 32.1. The number of aryl methyl sites for hydroxylation is 2. The SMILES string of the molecule is O=C(NCc1nc2c(s1)CCCC2)c1cn(C[C@H]2CCCO2)nn1. The number of carbonyl (C=O) groups is 1. The van der Waals surface area contributed by atoms with Crippen molar-refractivity contribution in [1.29, 1.82) is 0 Å². The van der Waals surface area contributed by atoms with Crippen LogP contribution in [0, 0.1) is 0 Å². The molecule has 2 aromatic heterocycles. The molecular weight excluding hydrogens is 326 g/mol. The molecule has 24 heavy (non-hydrogen) atoms. The highest BCUT2D eigenvalue weighted by molar-refractivity contribution is 7.11. The number of aromatic nitrogens is 4. The summed E-state index contributed by atoms with van der Waals surface area (Å²) in [4.78, 5) is 18.2. The number of fused-ring (bicyclic) bond motifs is 1. The highest BCUT2D eigenvalue weighted by Crippen LogP contribution is 2.26. The molecule has 0 radical (unpaired) electrons. The first-order valence-corrected chi connectivity index (χ1v) is 9.37. The van der Waals surface area contributed by atoms with E-state index in [1.165, 1.54) is 23.4 Å². The average molecular weight is 347 g/mol. The summed E-state index contributed by atoms with van der Waals surface area (Å²) >= 11 is 1.72. The summed E-state index contributed by atoms with van der Waals surface area (Å²) in [5.41, 5.74) is 1.56. The molecule has 2 aromatic rings. The molecule has 8 heteroatoms. The van der Waals surface area contributed by atoms with Gasteiger partial charge in [0.25, 0.3) is 5.91 Å². The smallest absolute Gasteiger partial charge is 0.273 e. The molecule has 1 aliphatic carbocycles. The summed E-state index contributed by atoms with van der Waals surface area (Å²) < 4.78 is 7.26. The van der Waals surface area contributed by atoms with E-state index in [-0.39, 0.29) is 12.0 Å². The molecule has 1 atom stereocenters. The zero-order chi connectivity index (χ0) is 16.4. The molecule has 0 spiro atoms. The largest absolute Gasteiger partial charge is 0.376 e. The van der Waals surface area contributed by atoms with E-state index < -0.39 is 0 Å². The first kappa shape index (κ1) is 15.7. The van der Waals surface area contributed by atoms with Crippen molar-refractivity contribution in [3.63, 3.8) is 0 Å². The number of amides is 1. The average Bonchev–Trinajstić information content (AvgIpc) is 3.33. The monoisotopic (exact) mass is 347 g/mol. The maximum Gasteiger partial charge on any atom is 0.273 e. The maximum atomic E-state index is 12.2. The Morgan fingerprint density at radius 2 is 2.29 bits per heavy atom. The summed E-state index contributed by atoms with van der Waals surface area (Å²) in [7, 11) is 0. The van der Waals surface area contributed by atoms with Gasteiger partial charge in [-0.3, -0.25) is 4.79 Å². The second-order valence-corrected chi connectivity index (χ2v) is 7.50. The lowest BCUT2D eigenvalue weighted by atomic mass is 10.0. The van der Waals surface area contributed by atoms with E-state index in [2.05, 4.69) is 20.6 Å². The Morgan fingerprint density at radius 3 is 3.12 bits per heavy atom. The Morgan fingerprint density at radius 1 is 1.38 bits per heavy atom. The van der Waals surface area contributed by atoms with E-state index in [0.29, 0.717) is 18.8 Å². The van der Waals surface area contributed by atoms with Crippen LogP contribution in [0.1, 0.15) is 51.8 Å². The van der Waals surface area contributed by atoms with Crippen LogP contribution < -0.4 is 5.32 Å². The van der Waals surface area contributed by atoms with Crippen LogP contribution in [0.2, 0.25) is 0 Å². The van der Waals surface area contributed by atoms with E-state index in [1.807, 2.05) is 0 Å². The lowest BCUT2D eigenvalue weighted by molar-refractivity contribution is 0.0929. The second kappa shape index (κ2) is 6.98. The highest BCUT2D eigenvalue weighted by Gasteiger charge is 2.19. The minimum Gasteiger partial charge on any atom is -0.376 e. The lowest BCUT2D eigenvalue weighted by Gasteiger charge is -2.07. The van der Waals surface area contributed by atoms with Crippen LogP contribution in [0.3, 0.4) is 0 Å². The molecule has 1 aliphatic heterocycles. The zero-order valence-electron chi connectivity index (χ0n) is 13.5. The quantitative estimate of drug-likeness (QED) is 0.891. The third-order valence-electron chi connectivity index (χ3n) is 4.48. The van der Waals surface area contributed by atoms with Gasteiger partial charge in [0.15, 0.2) is 5.69 Å². The summed E-state index contributed by atoms with van der Waals surface area (Å²) in [6, 6.07) is 0. The fourth-order valence-corrected chi connectivity index (χ4v) is 4.31. The number of rotatable bonds is 5. The van der Waals surface area contributed by atoms with E-state index >= 15 is 0 Å². The van der Waals surface area contributed by atoms with E-state index in [0.717, 1.165) is 37.3 Å². The first-order valence-electron chi connectivity index (χ1n) is 8.55. The molecule has 2 aliphatic rings. The van der Waals surface area contributed by atoms with Crippen molar-refractivity contribution in [1.82, 2.24) is 25.3 Å². The lowest BCUT2D eigenvalue weighted by Crippen LogP contribution is -2.23. The van der Waals surface area contributed by atoms with Crippen molar-refractivity contribution >= 4 is 17.2 Å². The van der Waals surface area contributed by atoms with E-state index in [4.69, 9.17) is 4.74 Å². The van der Waals surface area contributed by atoms with Crippen LogP contribution in [0.15, 0.2) is 6.20 Å². The van der Waals surface area contributed by atoms with Crippen molar-refractivity contribution < 1.29 is 9.53 Å². The third kappa shape index (κ3) is 3.49. The summed E-state index contributed by atoms with van der Waals surface area (Å²) in [6.45, 7) is 1.92. The van der Waals surface area contributed by atoms with Gasteiger partial charge >= 0.3 is 0 Å². The van der Waals surface area contributed by atoms with Gasteiger partial charge in [0.1, 0.15) is 5.01 Å². The van der Waals surface area contributed by atoms with Gasteiger partial charge in [0.05, 0.1) is 31.1 Å². The van der Waals surface area contributed by atoms with Crippen LogP contribution in [-0.2, 0) is 30.7 Å². The minimum absolute atomic E-state index is 0.184. The normalized spacial score (nSPS) is 20.1. The minimum atomic E-state index is -0.207. The Balaban J connectivity index is 1.32. The fourth-order valence-electron chi connectivity index (χ4n) is 3.22. The number of nitrogens with one attached hydrogen (secondary N) is 1. The Labute approximate surface area is 144 Å². The van der Waals surface area contributed by atoms with Gasteiger partial charge in [-0.15, -0.1) is 16.4 Å².